The summed E-state index contributed by atoms with van der Waals surface area (Å²) in [6, 6.07) is 0. The van der Waals surface area contributed by atoms with Crippen molar-refractivity contribution in [1.82, 2.24) is 4.90 Å². The minimum absolute atomic E-state index is 0.121. The predicted octanol–water partition coefficient (Wildman–Crippen LogP) is 3.03. The van der Waals surface area contributed by atoms with Crippen LogP contribution in [0.5, 0.6) is 0 Å². The van der Waals surface area contributed by atoms with Gasteiger partial charge in [-0.1, -0.05) is 6.92 Å². The summed E-state index contributed by atoms with van der Waals surface area (Å²) >= 11 is 0. The molecule has 1 radical (unpaired) electrons. The van der Waals surface area contributed by atoms with E-state index in [1.165, 1.54) is 0 Å². The fourth-order valence-corrected chi connectivity index (χ4v) is 2.02. The molecule has 0 bridgehead atoms. The molecule has 1 amide bonds. The first kappa shape index (κ1) is 13.5. The minimum atomic E-state index is -0.121. The molecule has 0 aromatic heterocycles. The number of carbonyl (C=O) groups is 1. The summed E-state index contributed by atoms with van der Waals surface area (Å²) in [4.78, 5) is 13.9. The number of rotatable bonds is 2. The molecule has 0 aromatic carbocycles. The third-order valence-corrected chi connectivity index (χ3v) is 1.98. The van der Waals surface area contributed by atoms with Gasteiger partial charge in [-0.25, -0.2) is 0 Å². The minimum Gasteiger partial charge on any atom is -0.333 e. The van der Waals surface area contributed by atoms with Crippen LogP contribution >= 0.6 is 0 Å². The molecular formula is C12H24NO. The highest BCUT2D eigenvalue weighted by atomic mass is 16.2. The van der Waals surface area contributed by atoms with Crippen molar-refractivity contribution in [3.05, 3.63) is 6.92 Å². The van der Waals surface area contributed by atoms with Crippen LogP contribution in [-0.4, -0.2) is 21.9 Å². The lowest BCUT2D eigenvalue weighted by Crippen LogP contribution is -2.55. The highest BCUT2D eigenvalue weighted by Crippen LogP contribution is 2.25. The van der Waals surface area contributed by atoms with Crippen molar-refractivity contribution in [3.8, 4) is 0 Å². The molecule has 2 heteroatoms. The monoisotopic (exact) mass is 198 g/mol. The number of carbonyl (C=O) groups excluding carboxylic acids is 1. The van der Waals surface area contributed by atoms with Gasteiger partial charge in [0.2, 0.25) is 5.91 Å². The van der Waals surface area contributed by atoms with Crippen LogP contribution in [0, 0.1) is 6.92 Å². The Morgan fingerprint density at radius 3 is 1.64 bits per heavy atom. The zero-order valence-electron chi connectivity index (χ0n) is 10.5. The average Bonchev–Trinajstić information content (AvgIpc) is 1.78. The summed E-state index contributed by atoms with van der Waals surface area (Å²) < 4.78 is 0. The maximum absolute atomic E-state index is 11.9. The molecule has 0 aliphatic rings. The first-order valence-corrected chi connectivity index (χ1v) is 5.23. The molecule has 0 aromatic rings. The number of nitrogens with zero attached hydrogens (tertiary/aromatic N) is 1. The molecule has 0 unspecified atom stereocenters. The van der Waals surface area contributed by atoms with Gasteiger partial charge in [0.15, 0.2) is 0 Å². The molecule has 0 saturated carbocycles. The Kier molecular flexibility index (Phi) is 4.16. The summed E-state index contributed by atoms with van der Waals surface area (Å²) in [6.45, 7) is 16.1. The molecule has 0 atom stereocenters. The summed E-state index contributed by atoms with van der Waals surface area (Å²) in [5, 5.41) is 0. The quantitative estimate of drug-likeness (QED) is 0.668. The van der Waals surface area contributed by atoms with Crippen LogP contribution < -0.4 is 0 Å². The van der Waals surface area contributed by atoms with Crippen LogP contribution in [0.25, 0.3) is 0 Å². The first-order valence-electron chi connectivity index (χ1n) is 5.23. The van der Waals surface area contributed by atoms with E-state index in [9.17, 15) is 4.79 Å². The summed E-state index contributed by atoms with van der Waals surface area (Å²) in [7, 11) is 0. The van der Waals surface area contributed by atoms with Crippen LogP contribution in [0.15, 0.2) is 0 Å². The summed E-state index contributed by atoms with van der Waals surface area (Å²) in [5.74, 6) is 0.194. The fourth-order valence-electron chi connectivity index (χ4n) is 2.02. The van der Waals surface area contributed by atoms with Crippen LogP contribution in [0.3, 0.4) is 0 Å². The molecule has 0 rings (SSSR count). The van der Waals surface area contributed by atoms with Gasteiger partial charge in [-0.05, 0) is 48.0 Å². The second-order valence-corrected chi connectivity index (χ2v) is 5.67. The van der Waals surface area contributed by atoms with Crippen molar-refractivity contribution in [2.24, 2.45) is 0 Å². The molecule has 83 valence electrons. The summed E-state index contributed by atoms with van der Waals surface area (Å²) in [6.07, 6.45) is 1.20. The van der Waals surface area contributed by atoms with Gasteiger partial charge in [0, 0.05) is 17.5 Å². The van der Waals surface area contributed by atoms with Gasteiger partial charge in [-0.2, -0.15) is 0 Å². The highest BCUT2D eigenvalue weighted by molar-refractivity contribution is 5.77. The van der Waals surface area contributed by atoms with Crippen molar-refractivity contribution in [1.29, 1.82) is 0 Å². The molecule has 0 fully saturated rings. The Morgan fingerprint density at radius 2 is 1.43 bits per heavy atom. The van der Waals surface area contributed by atoms with Crippen molar-refractivity contribution in [3.63, 3.8) is 0 Å². The van der Waals surface area contributed by atoms with Gasteiger partial charge in [0.05, 0.1) is 0 Å². The molecule has 0 saturated heterocycles. The van der Waals surface area contributed by atoms with E-state index in [0.717, 1.165) is 0 Å². The lowest BCUT2D eigenvalue weighted by molar-refractivity contribution is -0.142. The number of hydrogen-bond donors (Lipinski definition) is 0. The zero-order valence-corrected chi connectivity index (χ0v) is 10.5. The molecule has 0 aliphatic heterocycles. The Hall–Kier alpha value is -0.530. The average molecular weight is 198 g/mol. The smallest absolute Gasteiger partial charge is 0.223 e. The van der Waals surface area contributed by atoms with Gasteiger partial charge < -0.3 is 4.90 Å². The molecule has 0 spiro atoms. The maximum Gasteiger partial charge on any atom is 0.223 e. The Balaban J connectivity index is 4.84. The van der Waals surface area contributed by atoms with E-state index in [2.05, 4.69) is 48.5 Å². The standard InChI is InChI=1S/C12H24NO/c1-8-9-10(14)13(11(2,3)4)12(5,6)7/h1,8-9H2,2-7H3. The molecule has 14 heavy (non-hydrogen) atoms. The SMILES string of the molecule is [CH2]CCC(=O)N(C(C)(C)C)C(C)(C)C. The van der Waals surface area contributed by atoms with Crippen molar-refractivity contribution in [2.75, 3.05) is 0 Å². The summed E-state index contributed by atoms with van der Waals surface area (Å²) in [5.41, 5.74) is -0.241. The topological polar surface area (TPSA) is 20.3 Å². The largest absolute Gasteiger partial charge is 0.333 e. The lowest BCUT2D eigenvalue weighted by Gasteiger charge is -2.45. The fraction of sp³-hybridized carbons (Fsp3) is 0.833. The third kappa shape index (κ3) is 3.69. The number of amides is 1. The van der Waals surface area contributed by atoms with Gasteiger partial charge in [-0.3, -0.25) is 4.79 Å². The van der Waals surface area contributed by atoms with E-state index in [0.29, 0.717) is 12.8 Å². The van der Waals surface area contributed by atoms with Crippen LogP contribution in [0.1, 0.15) is 54.4 Å². The van der Waals surface area contributed by atoms with Gasteiger partial charge >= 0.3 is 0 Å². The molecular weight excluding hydrogens is 174 g/mol. The van der Waals surface area contributed by atoms with Crippen molar-refractivity contribution in [2.45, 2.75) is 65.5 Å². The Bertz CT molecular complexity index is 181. The molecule has 0 heterocycles. The maximum atomic E-state index is 11.9. The van der Waals surface area contributed by atoms with E-state index >= 15 is 0 Å². The molecule has 0 N–H and O–H groups in total. The normalized spacial score (nSPS) is 12.8. The van der Waals surface area contributed by atoms with Crippen molar-refractivity contribution < 1.29 is 4.79 Å². The Labute approximate surface area is 88.7 Å². The predicted molar refractivity (Wildman–Crippen MR) is 60.9 cm³/mol. The highest BCUT2D eigenvalue weighted by Gasteiger charge is 2.34. The third-order valence-electron chi connectivity index (χ3n) is 1.98. The van der Waals surface area contributed by atoms with Crippen LogP contribution in [0.2, 0.25) is 0 Å². The first-order chi connectivity index (χ1) is 6.10. The van der Waals surface area contributed by atoms with E-state index in [1.54, 1.807) is 0 Å². The molecule has 2 nitrogen and oxygen atoms in total. The van der Waals surface area contributed by atoms with Crippen LogP contribution in [-0.2, 0) is 4.79 Å². The van der Waals surface area contributed by atoms with E-state index in [1.807, 2.05) is 4.90 Å². The Morgan fingerprint density at radius 1 is 1.07 bits per heavy atom. The van der Waals surface area contributed by atoms with Crippen molar-refractivity contribution >= 4 is 5.91 Å². The second-order valence-electron chi connectivity index (χ2n) is 5.67. The molecule has 0 aliphatic carbocycles. The van der Waals surface area contributed by atoms with E-state index in [4.69, 9.17) is 0 Å². The van der Waals surface area contributed by atoms with Gasteiger partial charge in [0.1, 0.15) is 0 Å². The number of hydrogen-bond acceptors (Lipinski definition) is 1. The lowest BCUT2D eigenvalue weighted by atomic mass is 9.95. The van der Waals surface area contributed by atoms with Gasteiger partial charge in [-0.15, -0.1) is 0 Å². The van der Waals surface area contributed by atoms with Gasteiger partial charge in [0.25, 0.3) is 0 Å². The van der Waals surface area contributed by atoms with E-state index < -0.39 is 0 Å². The second kappa shape index (κ2) is 4.33. The zero-order chi connectivity index (χ0) is 11.6. The van der Waals surface area contributed by atoms with Crippen LogP contribution in [0.4, 0.5) is 0 Å². The van der Waals surface area contributed by atoms with E-state index in [-0.39, 0.29) is 17.0 Å².